The van der Waals surface area contributed by atoms with E-state index in [-0.39, 0.29) is 6.10 Å². The minimum absolute atomic E-state index is 0.0508. The van der Waals surface area contributed by atoms with Crippen LogP contribution >= 0.6 is 0 Å². The van der Waals surface area contributed by atoms with Crippen LogP contribution in [-0.4, -0.2) is 17.3 Å². The fourth-order valence-corrected chi connectivity index (χ4v) is 4.13. The van der Waals surface area contributed by atoms with Gasteiger partial charge in [-0.25, -0.2) is 0 Å². The maximum atomic E-state index is 9.79. The first-order chi connectivity index (χ1) is 6.24. The van der Waals surface area contributed by atoms with Crippen molar-refractivity contribution >= 4 is 0 Å². The molecule has 3 fully saturated rings. The van der Waals surface area contributed by atoms with E-state index in [4.69, 9.17) is 5.73 Å². The zero-order valence-corrected chi connectivity index (χ0v) is 8.02. The van der Waals surface area contributed by atoms with Crippen molar-refractivity contribution < 1.29 is 5.11 Å². The van der Waals surface area contributed by atoms with E-state index >= 15 is 0 Å². The first kappa shape index (κ1) is 8.25. The van der Waals surface area contributed by atoms with Crippen LogP contribution < -0.4 is 5.73 Å². The molecule has 0 aliphatic heterocycles. The molecule has 3 aliphatic carbocycles. The summed E-state index contributed by atoms with van der Waals surface area (Å²) < 4.78 is 0. The average molecular weight is 181 g/mol. The molecule has 5 unspecified atom stereocenters. The molecule has 13 heavy (non-hydrogen) atoms. The molecule has 3 saturated carbocycles. The number of nitrogens with two attached hydrogens (primary N) is 1. The normalized spacial score (nSPS) is 59.5. The third-order valence-electron chi connectivity index (χ3n) is 4.72. The Kier molecular flexibility index (Phi) is 1.72. The minimum atomic E-state index is -0.0508. The molecule has 3 aliphatic rings. The summed E-state index contributed by atoms with van der Waals surface area (Å²) >= 11 is 0. The summed E-state index contributed by atoms with van der Waals surface area (Å²) in [4.78, 5) is 0. The summed E-state index contributed by atoms with van der Waals surface area (Å²) in [6, 6.07) is 0.399. The third-order valence-corrected chi connectivity index (χ3v) is 4.72. The van der Waals surface area contributed by atoms with Crippen LogP contribution in [0.5, 0.6) is 0 Å². The van der Waals surface area contributed by atoms with Crippen LogP contribution in [0.2, 0.25) is 0 Å². The highest BCUT2D eigenvalue weighted by Gasteiger charge is 2.48. The van der Waals surface area contributed by atoms with Crippen molar-refractivity contribution in [3.05, 3.63) is 0 Å². The molecular weight excluding hydrogens is 162 g/mol. The zero-order chi connectivity index (χ0) is 9.00. The lowest BCUT2D eigenvalue weighted by atomic mass is 9.76. The quantitative estimate of drug-likeness (QED) is 0.588. The van der Waals surface area contributed by atoms with E-state index in [1.165, 1.54) is 19.3 Å². The highest BCUT2D eigenvalue weighted by atomic mass is 16.3. The van der Waals surface area contributed by atoms with Gasteiger partial charge in [-0.1, -0.05) is 0 Å². The van der Waals surface area contributed by atoms with Gasteiger partial charge >= 0.3 is 0 Å². The molecule has 3 bridgehead atoms. The van der Waals surface area contributed by atoms with Crippen LogP contribution in [0.4, 0.5) is 0 Å². The fourth-order valence-electron chi connectivity index (χ4n) is 4.13. The lowest BCUT2D eigenvalue weighted by molar-refractivity contribution is 0.103. The van der Waals surface area contributed by atoms with Crippen molar-refractivity contribution in [2.75, 3.05) is 0 Å². The first-order valence-electron chi connectivity index (χ1n) is 5.67. The molecule has 0 amide bonds. The van der Waals surface area contributed by atoms with Crippen LogP contribution in [0, 0.1) is 23.7 Å². The van der Waals surface area contributed by atoms with Crippen molar-refractivity contribution in [1.82, 2.24) is 0 Å². The predicted molar refractivity (Wildman–Crippen MR) is 51.0 cm³/mol. The molecule has 3 rings (SSSR count). The minimum Gasteiger partial charge on any atom is -0.393 e. The number of rotatable bonds is 0. The number of fused-ring (bicyclic) bond motifs is 2. The van der Waals surface area contributed by atoms with Crippen molar-refractivity contribution in [1.29, 1.82) is 0 Å². The Bertz CT molecular complexity index is 218. The molecular formula is C11H19NO. The van der Waals surface area contributed by atoms with Crippen LogP contribution in [0.3, 0.4) is 0 Å². The van der Waals surface area contributed by atoms with Gasteiger partial charge in [-0.3, -0.25) is 0 Å². The van der Waals surface area contributed by atoms with Gasteiger partial charge in [0, 0.05) is 6.04 Å². The summed E-state index contributed by atoms with van der Waals surface area (Å²) in [5, 5.41) is 9.79. The van der Waals surface area contributed by atoms with E-state index in [2.05, 4.69) is 0 Å². The van der Waals surface area contributed by atoms with E-state index < -0.39 is 0 Å². The first-order valence-corrected chi connectivity index (χ1v) is 5.67. The maximum absolute atomic E-state index is 9.79. The van der Waals surface area contributed by atoms with Gasteiger partial charge in [-0.05, 0) is 55.8 Å². The molecule has 3 N–H and O–H groups in total. The molecule has 0 aromatic heterocycles. The van der Waals surface area contributed by atoms with Crippen molar-refractivity contribution in [3.63, 3.8) is 0 Å². The van der Waals surface area contributed by atoms with Gasteiger partial charge in [0.25, 0.3) is 0 Å². The molecule has 0 aromatic carbocycles. The number of hydrogen-bond donors (Lipinski definition) is 2. The molecule has 0 radical (unpaired) electrons. The summed E-state index contributed by atoms with van der Waals surface area (Å²) in [5.41, 5.74) is 6.22. The Morgan fingerprint density at radius 2 is 1.23 bits per heavy atom. The maximum Gasteiger partial charge on any atom is 0.0546 e. The van der Waals surface area contributed by atoms with E-state index in [0.29, 0.717) is 12.0 Å². The fraction of sp³-hybridized carbons (Fsp3) is 1.00. The van der Waals surface area contributed by atoms with E-state index in [0.717, 1.165) is 30.6 Å². The van der Waals surface area contributed by atoms with Crippen molar-refractivity contribution in [3.8, 4) is 0 Å². The van der Waals surface area contributed by atoms with E-state index in [1.807, 2.05) is 0 Å². The SMILES string of the molecule is N[C@@H]1C2CC(O)CC3CC1CC3C2. The van der Waals surface area contributed by atoms with Gasteiger partial charge in [0.1, 0.15) is 0 Å². The molecule has 0 saturated heterocycles. The monoisotopic (exact) mass is 181 g/mol. The molecule has 74 valence electrons. The van der Waals surface area contributed by atoms with E-state index in [9.17, 15) is 5.11 Å². The van der Waals surface area contributed by atoms with Gasteiger partial charge in [0.2, 0.25) is 0 Å². The largest absolute Gasteiger partial charge is 0.393 e. The highest BCUT2D eigenvalue weighted by Crippen LogP contribution is 2.52. The standard InChI is InChI=1S/C11H19NO/c12-11-8-1-6-2-9(11)5-10(13)4-7(6)3-8/h6-11,13H,1-5,12H2/t6?,7?,8?,9?,10?,11-/m0/s1. The number of aliphatic hydroxyl groups excluding tert-OH is 1. The van der Waals surface area contributed by atoms with Crippen molar-refractivity contribution in [2.45, 2.75) is 44.2 Å². The van der Waals surface area contributed by atoms with Gasteiger partial charge in [0.15, 0.2) is 0 Å². The molecule has 0 spiro atoms. The Balaban J connectivity index is 1.91. The summed E-state index contributed by atoms with van der Waals surface area (Å²) in [6.07, 6.45) is 5.95. The Hall–Kier alpha value is -0.0800. The van der Waals surface area contributed by atoms with Gasteiger partial charge in [-0.15, -0.1) is 0 Å². The Labute approximate surface area is 79.5 Å². The van der Waals surface area contributed by atoms with Gasteiger partial charge in [0.05, 0.1) is 6.10 Å². The lowest BCUT2D eigenvalue weighted by Crippen LogP contribution is -2.41. The lowest BCUT2D eigenvalue weighted by Gasteiger charge is -2.34. The van der Waals surface area contributed by atoms with Gasteiger partial charge < -0.3 is 10.8 Å². The average Bonchev–Trinajstić information content (AvgIpc) is 2.35. The second-order valence-corrected chi connectivity index (χ2v) is 5.45. The van der Waals surface area contributed by atoms with Crippen molar-refractivity contribution in [2.24, 2.45) is 29.4 Å². The molecule has 2 heteroatoms. The highest BCUT2D eigenvalue weighted by molar-refractivity contribution is 5.00. The topological polar surface area (TPSA) is 46.2 Å². The predicted octanol–water partition coefficient (Wildman–Crippen LogP) is 1.13. The smallest absolute Gasteiger partial charge is 0.0546 e. The van der Waals surface area contributed by atoms with E-state index in [1.54, 1.807) is 0 Å². The van der Waals surface area contributed by atoms with Crippen LogP contribution in [0.15, 0.2) is 0 Å². The summed E-state index contributed by atoms with van der Waals surface area (Å²) in [6.45, 7) is 0. The molecule has 6 atom stereocenters. The molecule has 0 aromatic rings. The van der Waals surface area contributed by atoms with Gasteiger partial charge in [-0.2, -0.15) is 0 Å². The second-order valence-electron chi connectivity index (χ2n) is 5.45. The molecule has 2 nitrogen and oxygen atoms in total. The third kappa shape index (κ3) is 1.15. The van der Waals surface area contributed by atoms with Crippen LogP contribution in [0.25, 0.3) is 0 Å². The Morgan fingerprint density at radius 3 is 1.92 bits per heavy atom. The van der Waals surface area contributed by atoms with Crippen LogP contribution in [0.1, 0.15) is 32.1 Å². The van der Waals surface area contributed by atoms with Crippen LogP contribution in [-0.2, 0) is 0 Å². The summed E-state index contributed by atoms with van der Waals surface area (Å²) in [7, 11) is 0. The second kappa shape index (κ2) is 2.71. The Morgan fingerprint density at radius 1 is 0.769 bits per heavy atom. The zero-order valence-electron chi connectivity index (χ0n) is 8.02. The molecule has 0 heterocycles. The number of hydrogen-bond acceptors (Lipinski definition) is 2. The summed E-state index contributed by atoms with van der Waals surface area (Å²) in [5.74, 6) is 3.14. The number of aliphatic hydroxyl groups is 1.